The molecule has 1 aliphatic carbocycles. The maximum Gasteiger partial charge on any atom is 0.323 e. The predicted octanol–water partition coefficient (Wildman–Crippen LogP) is 2.11. The van der Waals surface area contributed by atoms with Gasteiger partial charge in [-0.1, -0.05) is 5.16 Å². The molecule has 0 N–H and O–H groups in total. The van der Waals surface area contributed by atoms with Crippen LogP contribution in [0.4, 0.5) is 6.01 Å². The van der Waals surface area contributed by atoms with E-state index in [1.54, 1.807) is 0 Å². The number of hydrogen-bond acceptors (Lipinski definition) is 5. The van der Waals surface area contributed by atoms with Crippen LogP contribution in [0, 0.1) is 11.8 Å². The van der Waals surface area contributed by atoms with Crippen molar-refractivity contribution in [3.05, 3.63) is 5.82 Å². The van der Waals surface area contributed by atoms with Crippen LogP contribution in [-0.4, -0.2) is 48.1 Å². The molecule has 0 atom stereocenters. The number of nitrogens with zero attached hydrogens (tertiary/aromatic N) is 4. The van der Waals surface area contributed by atoms with Gasteiger partial charge in [-0.25, -0.2) is 0 Å². The molecule has 2 fully saturated rings. The molecule has 1 saturated heterocycles. The summed E-state index contributed by atoms with van der Waals surface area (Å²) in [5.41, 5.74) is 0. The molecule has 0 unspecified atom stereocenters. The fraction of sp³-hybridized carbons (Fsp3) is 0.812. The van der Waals surface area contributed by atoms with E-state index in [4.69, 9.17) is 4.52 Å². The Morgan fingerprint density at radius 3 is 2.55 bits per heavy atom. The van der Waals surface area contributed by atoms with Gasteiger partial charge in [0, 0.05) is 40.0 Å². The molecular weight excluding hydrogens is 280 g/mol. The lowest BCUT2D eigenvalue weighted by atomic mass is 9.92. The summed E-state index contributed by atoms with van der Waals surface area (Å²) in [6.45, 7) is 1.84. The van der Waals surface area contributed by atoms with Crippen LogP contribution >= 0.6 is 0 Å². The molecule has 0 spiro atoms. The normalized spacial score (nSPS) is 19.5. The van der Waals surface area contributed by atoms with E-state index in [-0.39, 0.29) is 0 Å². The molecule has 0 aromatic carbocycles. The summed E-state index contributed by atoms with van der Waals surface area (Å²) in [5.74, 6) is 2.52. The predicted molar refractivity (Wildman–Crippen MR) is 83.6 cm³/mol. The second-order valence-electron chi connectivity index (χ2n) is 6.90. The van der Waals surface area contributed by atoms with Crippen LogP contribution in [0.15, 0.2) is 4.52 Å². The lowest BCUT2D eigenvalue weighted by Gasteiger charge is -2.32. The number of aromatic nitrogens is 2. The quantitative estimate of drug-likeness (QED) is 0.805. The summed E-state index contributed by atoms with van der Waals surface area (Å²) in [7, 11) is 3.79. The van der Waals surface area contributed by atoms with Gasteiger partial charge in [0.05, 0.1) is 0 Å². The summed E-state index contributed by atoms with van der Waals surface area (Å²) in [6, 6.07) is 0.565. The van der Waals surface area contributed by atoms with Gasteiger partial charge < -0.3 is 14.3 Å². The Morgan fingerprint density at radius 2 is 1.95 bits per heavy atom. The number of piperidine rings is 1. The average Bonchev–Trinajstić information content (AvgIpc) is 3.19. The highest BCUT2D eigenvalue weighted by Crippen LogP contribution is 2.33. The molecule has 0 bridgehead atoms. The third-order valence-corrected chi connectivity index (χ3v) is 4.74. The lowest BCUT2D eigenvalue weighted by molar-refractivity contribution is -0.133. The van der Waals surface area contributed by atoms with Crippen LogP contribution < -0.4 is 4.90 Å². The van der Waals surface area contributed by atoms with E-state index in [0.29, 0.717) is 23.8 Å². The molecule has 1 amide bonds. The van der Waals surface area contributed by atoms with E-state index in [1.165, 1.54) is 12.8 Å². The molecule has 1 aromatic heterocycles. The molecule has 2 heterocycles. The first kappa shape index (κ1) is 15.3. The zero-order chi connectivity index (χ0) is 15.5. The SMILES string of the molecule is CN(C)c1nc(CCC2CCN(C(=O)CC3CC3)CC2)no1. The minimum absolute atomic E-state index is 0.370. The summed E-state index contributed by atoms with van der Waals surface area (Å²) < 4.78 is 5.17. The van der Waals surface area contributed by atoms with E-state index in [1.807, 2.05) is 19.0 Å². The van der Waals surface area contributed by atoms with Gasteiger partial charge in [0.1, 0.15) is 0 Å². The van der Waals surface area contributed by atoms with Crippen molar-refractivity contribution in [3.8, 4) is 0 Å². The van der Waals surface area contributed by atoms with Crippen molar-refractivity contribution in [3.63, 3.8) is 0 Å². The summed E-state index contributed by atoms with van der Waals surface area (Å²) in [6.07, 6.45) is 7.43. The van der Waals surface area contributed by atoms with Crippen molar-refractivity contribution in [2.75, 3.05) is 32.1 Å². The van der Waals surface area contributed by atoms with Crippen LogP contribution in [0.1, 0.15) is 44.3 Å². The van der Waals surface area contributed by atoms with Crippen LogP contribution in [-0.2, 0) is 11.2 Å². The van der Waals surface area contributed by atoms with Gasteiger partial charge in [0.25, 0.3) is 0 Å². The highest BCUT2D eigenvalue weighted by molar-refractivity contribution is 5.76. The first-order valence-electron chi connectivity index (χ1n) is 8.39. The first-order chi connectivity index (χ1) is 10.6. The molecular formula is C16H26N4O2. The number of aryl methyl sites for hydroxylation is 1. The summed E-state index contributed by atoms with van der Waals surface area (Å²) in [5, 5.41) is 4.01. The Balaban J connectivity index is 1.38. The van der Waals surface area contributed by atoms with E-state index in [0.717, 1.165) is 51.0 Å². The van der Waals surface area contributed by atoms with Gasteiger partial charge in [0.15, 0.2) is 5.82 Å². The Bertz CT molecular complexity index is 502. The van der Waals surface area contributed by atoms with Crippen molar-refractivity contribution in [2.45, 2.75) is 44.9 Å². The number of carbonyl (C=O) groups excluding carboxylic acids is 1. The molecule has 0 radical (unpaired) electrons. The Kier molecular flexibility index (Phi) is 4.64. The second-order valence-corrected chi connectivity index (χ2v) is 6.90. The van der Waals surface area contributed by atoms with Crippen molar-refractivity contribution < 1.29 is 9.32 Å². The second kappa shape index (κ2) is 6.67. The van der Waals surface area contributed by atoms with Gasteiger partial charge in [-0.3, -0.25) is 4.79 Å². The topological polar surface area (TPSA) is 62.5 Å². The monoisotopic (exact) mass is 306 g/mol. The molecule has 6 nitrogen and oxygen atoms in total. The largest absolute Gasteiger partial charge is 0.343 e. The zero-order valence-electron chi connectivity index (χ0n) is 13.6. The van der Waals surface area contributed by atoms with Gasteiger partial charge >= 0.3 is 6.01 Å². The van der Waals surface area contributed by atoms with Crippen molar-refractivity contribution in [1.82, 2.24) is 15.0 Å². The van der Waals surface area contributed by atoms with Crippen LogP contribution in [0.3, 0.4) is 0 Å². The van der Waals surface area contributed by atoms with E-state index in [2.05, 4.69) is 15.0 Å². The Morgan fingerprint density at radius 1 is 1.23 bits per heavy atom. The van der Waals surface area contributed by atoms with E-state index < -0.39 is 0 Å². The maximum absolute atomic E-state index is 12.1. The first-order valence-corrected chi connectivity index (χ1v) is 8.39. The Hall–Kier alpha value is -1.59. The molecule has 122 valence electrons. The van der Waals surface area contributed by atoms with Gasteiger partial charge in [-0.2, -0.15) is 4.98 Å². The number of carbonyl (C=O) groups is 1. The third kappa shape index (κ3) is 3.99. The fourth-order valence-electron chi connectivity index (χ4n) is 3.03. The molecule has 2 aliphatic rings. The highest BCUT2D eigenvalue weighted by Gasteiger charge is 2.29. The van der Waals surface area contributed by atoms with E-state index >= 15 is 0 Å². The Labute approximate surface area is 131 Å². The van der Waals surface area contributed by atoms with Crippen LogP contribution in [0.5, 0.6) is 0 Å². The molecule has 22 heavy (non-hydrogen) atoms. The number of hydrogen-bond donors (Lipinski definition) is 0. The van der Waals surface area contributed by atoms with Gasteiger partial charge in [-0.05, 0) is 43.9 Å². The fourth-order valence-corrected chi connectivity index (χ4v) is 3.03. The van der Waals surface area contributed by atoms with E-state index in [9.17, 15) is 4.79 Å². The molecule has 1 saturated carbocycles. The van der Waals surface area contributed by atoms with Crippen LogP contribution in [0.2, 0.25) is 0 Å². The average molecular weight is 306 g/mol. The van der Waals surface area contributed by atoms with Crippen molar-refractivity contribution >= 4 is 11.9 Å². The third-order valence-electron chi connectivity index (χ3n) is 4.74. The molecule has 6 heteroatoms. The summed E-state index contributed by atoms with van der Waals surface area (Å²) >= 11 is 0. The standard InChI is InChI=1S/C16H26N4O2/c1-19(2)16-17-14(18-22-16)6-5-12-7-9-20(10-8-12)15(21)11-13-3-4-13/h12-13H,3-11H2,1-2H3. The lowest BCUT2D eigenvalue weighted by Crippen LogP contribution is -2.38. The van der Waals surface area contributed by atoms with Crippen molar-refractivity contribution in [2.24, 2.45) is 11.8 Å². The minimum Gasteiger partial charge on any atom is -0.343 e. The zero-order valence-corrected chi connectivity index (χ0v) is 13.6. The van der Waals surface area contributed by atoms with Gasteiger partial charge in [0.2, 0.25) is 5.91 Å². The number of rotatable bonds is 6. The number of amides is 1. The molecule has 1 aliphatic heterocycles. The highest BCUT2D eigenvalue weighted by atomic mass is 16.5. The maximum atomic E-state index is 12.1. The molecule has 1 aromatic rings. The minimum atomic E-state index is 0.370. The number of likely N-dealkylation sites (tertiary alicyclic amines) is 1. The van der Waals surface area contributed by atoms with Crippen molar-refractivity contribution in [1.29, 1.82) is 0 Å². The van der Waals surface area contributed by atoms with Crippen LogP contribution in [0.25, 0.3) is 0 Å². The smallest absolute Gasteiger partial charge is 0.323 e. The molecule has 3 rings (SSSR count). The van der Waals surface area contributed by atoms with Gasteiger partial charge in [-0.15, -0.1) is 0 Å². The summed E-state index contributed by atoms with van der Waals surface area (Å²) in [4.78, 5) is 20.3. The number of anilines is 1.